The first-order valence-corrected chi connectivity index (χ1v) is 7.65. The van der Waals surface area contributed by atoms with Crippen LogP contribution in [0.1, 0.15) is 27.1 Å². The van der Waals surface area contributed by atoms with Crippen molar-refractivity contribution in [2.45, 2.75) is 6.42 Å². The van der Waals surface area contributed by atoms with Crippen molar-refractivity contribution in [2.24, 2.45) is 17.4 Å². The van der Waals surface area contributed by atoms with Gasteiger partial charge >= 0.3 is 0 Å². The van der Waals surface area contributed by atoms with Gasteiger partial charge < -0.3 is 17.2 Å². The van der Waals surface area contributed by atoms with Gasteiger partial charge in [-0.05, 0) is 49.0 Å². The number of rotatable bonds is 5. The molecule has 1 aliphatic rings. The van der Waals surface area contributed by atoms with Crippen molar-refractivity contribution in [3.63, 3.8) is 0 Å². The van der Waals surface area contributed by atoms with Crippen LogP contribution in [0, 0.1) is 5.92 Å². The van der Waals surface area contributed by atoms with Crippen molar-refractivity contribution >= 4 is 28.3 Å². The second kappa shape index (κ2) is 5.98. The van der Waals surface area contributed by atoms with Gasteiger partial charge in [-0.1, -0.05) is 12.1 Å². The lowest BCUT2D eigenvalue weighted by Gasteiger charge is -2.28. The number of amides is 2. The van der Waals surface area contributed by atoms with Gasteiger partial charge in [-0.15, -0.1) is 0 Å². The molecule has 0 fully saturated rings. The number of hydrogen-bond acceptors (Lipinski definition) is 5. The molecule has 0 aromatic heterocycles. The van der Waals surface area contributed by atoms with Gasteiger partial charge in [0.05, 0.1) is 5.56 Å². The van der Waals surface area contributed by atoms with Gasteiger partial charge in [-0.25, -0.2) is 0 Å². The third-order valence-electron chi connectivity index (χ3n) is 4.38. The van der Waals surface area contributed by atoms with Crippen LogP contribution in [0.5, 0.6) is 0 Å². The Hall–Kier alpha value is -2.44. The van der Waals surface area contributed by atoms with Gasteiger partial charge in [0.15, 0.2) is 0 Å². The third kappa shape index (κ3) is 2.56. The average molecular weight is 312 g/mol. The molecule has 6 N–H and O–H groups in total. The van der Waals surface area contributed by atoms with E-state index in [1.54, 1.807) is 24.3 Å². The summed E-state index contributed by atoms with van der Waals surface area (Å²) < 4.78 is 0. The van der Waals surface area contributed by atoms with E-state index < -0.39 is 0 Å². The Balaban J connectivity index is 2.02. The molecule has 0 unspecified atom stereocenters. The molecule has 0 atom stereocenters. The Morgan fingerprint density at radius 1 is 1.00 bits per heavy atom. The fourth-order valence-electron chi connectivity index (χ4n) is 3.03. The number of hydrogen-bond donors (Lipinski definition) is 3. The topological polar surface area (TPSA) is 115 Å². The fraction of sp³-hybridized carbons (Fsp3) is 0.294. The summed E-state index contributed by atoms with van der Waals surface area (Å²) in [7, 11) is 0. The zero-order chi connectivity index (χ0) is 16.6. The molecule has 120 valence electrons. The van der Waals surface area contributed by atoms with Crippen LogP contribution in [0.4, 0.5) is 5.69 Å². The molecule has 6 heteroatoms. The summed E-state index contributed by atoms with van der Waals surface area (Å²) >= 11 is 0. The van der Waals surface area contributed by atoms with E-state index in [1.165, 1.54) is 4.90 Å². The molecule has 0 radical (unpaired) electrons. The van der Waals surface area contributed by atoms with Crippen molar-refractivity contribution in [1.82, 2.24) is 4.90 Å². The highest BCUT2D eigenvalue weighted by Gasteiger charge is 2.32. The molecule has 0 bridgehead atoms. The van der Waals surface area contributed by atoms with Crippen LogP contribution in [0.25, 0.3) is 10.8 Å². The summed E-state index contributed by atoms with van der Waals surface area (Å²) in [5.41, 5.74) is 18.7. The second-order valence-corrected chi connectivity index (χ2v) is 5.86. The summed E-state index contributed by atoms with van der Waals surface area (Å²) in [6.45, 7) is 1.18. The quantitative estimate of drug-likeness (QED) is 0.561. The molecular weight excluding hydrogens is 292 g/mol. The lowest BCUT2D eigenvalue weighted by molar-refractivity contribution is 0.0602. The minimum Gasteiger partial charge on any atom is -0.399 e. The first-order valence-electron chi connectivity index (χ1n) is 7.65. The Bertz CT molecular complexity index is 784. The Kier molecular flexibility index (Phi) is 4.02. The van der Waals surface area contributed by atoms with Crippen LogP contribution in [0.2, 0.25) is 0 Å². The van der Waals surface area contributed by atoms with E-state index in [-0.39, 0.29) is 17.7 Å². The first kappa shape index (κ1) is 15.5. The van der Waals surface area contributed by atoms with Gasteiger partial charge in [0.2, 0.25) is 0 Å². The van der Waals surface area contributed by atoms with Crippen LogP contribution < -0.4 is 17.2 Å². The first-order chi connectivity index (χ1) is 11.1. The molecule has 1 aliphatic heterocycles. The molecule has 0 saturated carbocycles. The zero-order valence-electron chi connectivity index (χ0n) is 12.8. The molecular formula is C17H20N4O2. The van der Waals surface area contributed by atoms with Gasteiger partial charge in [0, 0.05) is 23.2 Å². The molecule has 6 nitrogen and oxygen atoms in total. The number of benzene rings is 2. The summed E-state index contributed by atoms with van der Waals surface area (Å²) in [5, 5.41) is 1.49. The van der Waals surface area contributed by atoms with Crippen molar-refractivity contribution in [2.75, 3.05) is 25.4 Å². The van der Waals surface area contributed by atoms with Crippen LogP contribution in [-0.2, 0) is 0 Å². The largest absolute Gasteiger partial charge is 0.399 e. The highest BCUT2D eigenvalue weighted by Crippen LogP contribution is 2.32. The van der Waals surface area contributed by atoms with E-state index in [4.69, 9.17) is 17.2 Å². The van der Waals surface area contributed by atoms with Gasteiger partial charge in [-0.3, -0.25) is 14.5 Å². The predicted molar refractivity (Wildman–Crippen MR) is 89.9 cm³/mol. The van der Waals surface area contributed by atoms with E-state index in [0.29, 0.717) is 48.3 Å². The number of nitrogens with zero attached hydrogens (tertiary/aromatic N) is 1. The molecule has 1 heterocycles. The molecule has 0 saturated heterocycles. The van der Waals surface area contributed by atoms with Crippen LogP contribution in [0.15, 0.2) is 30.3 Å². The summed E-state index contributed by atoms with van der Waals surface area (Å²) in [6, 6.07) is 8.81. The molecule has 0 spiro atoms. The summed E-state index contributed by atoms with van der Waals surface area (Å²) in [5.74, 6) is -0.488. The van der Waals surface area contributed by atoms with Crippen LogP contribution in [0.3, 0.4) is 0 Å². The molecule has 23 heavy (non-hydrogen) atoms. The van der Waals surface area contributed by atoms with Gasteiger partial charge in [0.1, 0.15) is 0 Å². The maximum absolute atomic E-state index is 12.7. The average Bonchev–Trinajstić information content (AvgIpc) is 2.55. The van der Waals surface area contributed by atoms with Crippen molar-refractivity contribution in [3.8, 4) is 0 Å². The van der Waals surface area contributed by atoms with E-state index in [0.717, 1.165) is 5.39 Å². The molecule has 2 aromatic carbocycles. The number of carbonyl (C=O) groups excluding carboxylic acids is 2. The van der Waals surface area contributed by atoms with E-state index in [2.05, 4.69) is 0 Å². The van der Waals surface area contributed by atoms with Crippen LogP contribution >= 0.6 is 0 Å². The monoisotopic (exact) mass is 312 g/mol. The third-order valence-corrected chi connectivity index (χ3v) is 4.38. The minimum absolute atomic E-state index is 0.0913. The van der Waals surface area contributed by atoms with Gasteiger partial charge in [-0.2, -0.15) is 0 Å². The number of carbonyl (C=O) groups is 2. The molecule has 2 aromatic rings. The second-order valence-electron chi connectivity index (χ2n) is 5.86. The van der Waals surface area contributed by atoms with Crippen molar-refractivity contribution < 1.29 is 9.59 Å². The smallest absolute Gasteiger partial charge is 0.261 e. The van der Waals surface area contributed by atoms with E-state index >= 15 is 0 Å². The zero-order valence-corrected chi connectivity index (χ0v) is 12.8. The molecule has 3 rings (SSSR count). The van der Waals surface area contributed by atoms with E-state index in [1.807, 2.05) is 6.07 Å². The lowest BCUT2D eigenvalue weighted by atomic mass is 9.93. The Labute approximate surface area is 134 Å². The Morgan fingerprint density at radius 3 is 2.39 bits per heavy atom. The maximum atomic E-state index is 12.7. The van der Waals surface area contributed by atoms with Gasteiger partial charge in [0.25, 0.3) is 11.8 Å². The maximum Gasteiger partial charge on any atom is 0.261 e. The number of imide groups is 1. The Morgan fingerprint density at radius 2 is 1.70 bits per heavy atom. The minimum atomic E-state index is -0.307. The molecule has 0 aliphatic carbocycles. The standard InChI is InChI=1S/C17H20N4O2/c18-8-10(9-19)4-5-21-16(22)13-3-1-2-11-6-12(20)7-14(15(11)13)17(21)23/h1-3,6-7,10H,4-5,8-9,18-20H2. The normalized spacial score (nSPS) is 14.1. The fourth-order valence-corrected chi connectivity index (χ4v) is 3.03. The van der Waals surface area contributed by atoms with Crippen molar-refractivity contribution in [1.29, 1.82) is 0 Å². The van der Waals surface area contributed by atoms with Crippen molar-refractivity contribution in [3.05, 3.63) is 41.5 Å². The summed E-state index contributed by atoms with van der Waals surface area (Å²) in [4.78, 5) is 26.7. The van der Waals surface area contributed by atoms with Crippen LogP contribution in [-0.4, -0.2) is 36.3 Å². The number of nitrogens with two attached hydrogens (primary N) is 3. The predicted octanol–water partition coefficient (Wildman–Crippen LogP) is 0.942. The summed E-state index contributed by atoms with van der Waals surface area (Å²) in [6.07, 6.45) is 0.595. The molecule has 2 amide bonds. The highest BCUT2D eigenvalue weighted by molar-refractivity contribution is 6.25. The number of anilines is 1. The number of nitrogen functional groups attached to an aromatic ring is 1. The highest BCUT2D eigenvalue weighted by atomic mass is 16.2. The van der Waals surface area contributed by atoms with E-state index in [9.17, 15) is 9.59 Å². The lowest BCUT2D eigenvalue weighted by Crippen LogP contribution is -2.42. The SMILES string of the molecule is NCC(CN)CCN1C(=O)c2cccc3cc(N)cc(c23)C1=O.